The second-order valence-electron chi connectivity index (χ2n) is 7.48. The highest BCUT2D eigenvalue weighted by Crippen LogP contribution is 2.40. The molecule has 1 N–H and O–H groups in total. The summed E-state index contributed by atoms with van der Waals surface area (Å²) in [6, 6.07) is 9.95. The molecule has 0 saturated heterocycles. The molecule has 146 valence electrons. The number of aromatic nitrogens is 6. The number of benzene rings is 1. The molecule has 3 aromatic heterocycles. The van der Waals surface area contributed by atoms with Gasteiger partial charge < -0.3 is 19.0 Å². The van der Waals surface area contributed by atoms with Gasteiger partial charge >= 0.3 is 0 Å². The average molecular weight is 388 g/mol. The Balaban J connectivity index is 1.48. The van der Waals surface area contributed by atoms with Crippen molar-refractivity contribution in [3.05, 3.63) is 72.6 Å². The maximum Gasteiger partial charge on any atom is 0.231 e. The number of fused-ring (bicyclic) bond motifs is 1. The Labute approximate surface area is 167 Å². The molecule has 29 heavy (non-hydrogen) atoms. The van der Waals surface area contributed by atoms with E-state index in [1.54, 1.807) is 6.33 Å². The van der Waals surface area contributed by atoms with Crippen molar-refractivity contribution in [1.82, 2.24) is 29.3 Å². The van der Waals surface area contributed by atoms with Gasteiger partial charge in [-0.3, -0.25) is 0 Å². The molecule has 0 bridgehead atoms. The summed E-state index contributed by atoms with van der Waals surface area (Å²) in [5.41, 5.74) is 1.97. The Morgan fingerprint density at radius 3 is 2.79 bits per heavy atom. The number of hydrogen-bond acceptors (Lipinski definition) is 5. The molecule has 0 amide bonds. The van der Waals surface area contributed by atoms with Crippen LogP contribution >= 0.6 is 0 Å². The van der Waals surface area contributed by atoms with Gasteiger partial charge in [0.05, 0.1) is 18.1 Å². The zero-order valence-electron chi connectivity index (χ0n) is 15.7. The highest BCUT2D eigenvalue weighted by Gasteiger charge is 2.32. The van der Waals surface area contributed by atoms with Crippen molar-refractivity contribution in [3.63, 3.8) is 0 Å². The quantitative estimate of drug-likeness (QED) is 0.548. The first-order valence-corrected chi connectivity index (χ1v) is 9.82. The third-order valence-corrected chi connectivity index (χ3v) is 5.45. The molecule has 6 rings (SSSR count). The molecule has 0 unspecified atom stereocenters. The van der Waals surface area contributed by atoms with Crippen LogP contribution in [0.5, 0.6) is 11.5 Å². The summed E-state index contributed by atoms with van der Waals surface area (Å²) in [6.07, 6.45) is 10.7. The number of aromatic amines is 1. The van der Waals surface area contributed by atoms with Gasteiger partial charge in [0.25, 0.3) is 0 Å². The van der Waals surface area contributed by atoms with Gasteiger partial charge in [-0.1, -0.05) is 0 Å². The van der Waals surface area contributed by atoms with Crippen molar-refractivity contribution >= 4 is 0 Å². The van der Waals surface area contributed by atoms with Crippen molar-refractivity contribution in [2.75, 3.05) is 6.79 Å². The molecule has 4 heterocycles. The van der Waals surface area contributed by atoms with E-state index in [-0.39, 0.29) is 12.8 Å². The zero-order chi connectivity index (χ0) is 19.2. The fourth-order valence-corrected chi connectivity index (χ4v) is 3.77. The Hall–Kier alpha value is -3.55. The van der Waals surface area contributed by atoms with Crippen LogP contribution in [0, 0.1) is 0 Å². The largest absolute Gasteiger partial charge is 0.454 e. The van der Waals surface area contributed by atoms with E-state index >= 15 is 0 Å². The molecule has 1 saturated carbocycles. The molecule has 1 aromatic carbocycles. The number of rotatable bonds is 6. The summed E-state index contributed by atoms with van der Waals surface area (Å²) >= 11 is 0. The Bertz CT molecular complexity index is 1130. The summed E-state index contributed by atoms with van der Waals surface area (Å²) in [7, 11) is 0. The summed E-state index contributed by atoms with van der Waals surface area (Å²) in [6.45, 7) is 0.252. The lowest BCUT2D eigenvalue weighted by molar-refractivity contribution is 0.174. The summed E-state index contributed by atoms with van der Waals surface area (Å²) < 4.78 is 15.2. The minimum atomic E-state index is -0.0177. The molecule has 8 nitrogen and oxygen atoms in total. The molecular weight excluding hydrogens is 368 g/mol. The van der Waals surface area contributed by atoms with Crippen LogP contribution in [-0.2, 0) is 6.42 Å². The van der Waals surface area contributed by atoms with Gasteiger partial charge in [0, 0.05) is 42.7 Å². The van der Waals surface area contributed by atoms with E-state index < -0.39 is 0 Å². The first-order valence-electron chi connectivity index (χ1n) is 9.82. The number of nitrogens with one attached hydrogen (secondary N) is 1. The van der Waals surface area contributed by atoms with Crippen LogP contribution in [0.1, 0.15) is 42.1 Å². The number of nitrogens with zero attached hydrogens (tertiary/aromatic N) is 5. The van der Waals surface area contributed by atoms with Gasteiger partial charge in [-0.05, 0) is 37.1 Å². The number of ether oxygens (including phenoxy) is 2. The smallest absolute Gasteiger partial charge is 0.231 e. The predicted molar refractivity (Wildman–Crippen MR) is 104 cm³/mol. The highest BCUT2D eigenvalue weighted by atomic mass is 16.7. The second-order valence-corrected chi connectivity index (χ2v) is 7.48. The Morgan fingerprint density at radius 1 is 1.14 bits per heavy atom. The van der Waals surface area contributed by atoms with Gasteiger partial charge in [0.2, 0.25) is 6.79 Å². The van der Waals surface area contributed by atoms with Crippen molar-refractivity contribution < 1.29 is 9.47 Å². The van der Waals surface area contributed by atoms with Gasteiger partial charge in [-0.2, -0.15) is 5.10 Å². The van der Waals surface area contributed by atoms with Crippen molar-refractivity contribution in [2.45, 2.75) is 31.2 Å². The van der Waals surface area contributed by atoms with Crippen LogP contribution in [0.2, 0.25) is 0 Å². The summed E-state index contributed by atoms with van der Waals surface area (Å²) in [5, 5.41) is 4.90. The van der Waals surface area contributed by atoms with E-state index in [0.29, 0.717) is 5.92 Å². The normalized spacial score (nSPS) is 16.3. The van der Waals surface area contributed by atoms with Crippen LogP contribution in [-0.4, -0.2) is 36.1 Å². The molecular formula is C21H20N6O2. The standard InChI is InChI=1S/C21H20N6O2/c1-2-8-26(7-1)17(9-15-11-22-12-23-15)21-24-20(14-3-4-14)25-27(21)16-5-6-18-19(10-16)29-13-28-18/h1-2,5-8,10-12,14,17H,3-4,9,13H2,(H,22,23)/t17-/m0/s1. The SMILES string of the molecule is c1ccn([C@@H](Cc2cnc[nH]2)c2nc(C3CC3)nn2-c2ccc3c(c2)OCO3)c1. The number of H-pyrrole nitrogens is 1. The minimum absolute atomic E-state index is 0.0177. The number of imidazole rings is 1. The topological polar surface area (TPSA) is 82.8 Å². The molecule has 1 aliphatic carbocycles. The average Bonchev–Trinajstić information content (AvgIpc) is 3.25. The first kappa shape index (κ1) is 16.4. The van der Waals surface area contributed by atoms with E-state index in [9.17, 15) is 0 Å². The van der Waals surface area contributed by atoms with Crippen LogP contribution in [0.25, 0.3) is 5.69 Å². The van der Waals surface area contributed by atoms with E-state index in [1.165, 1.54) is 0 Å². The molecule has 0 spiro atoms. The lowest BCUT2D eigenvalue weighted by Crippen LogP contribution is -2.18. The van der Waals surface area contributed by atoms with Crippen LogP contribution < -0.4 is 9.47 Å². The van der Waals surface area contributed by atoms with Crippen molar-refractivity contribution in [3.8, 4) is 17.2 Å². The molecule has 8 heteroatoms. The Morgan fingerprint density at radius 2 is 2.00 bits per heavy atom. The van der Waals surface area contributed by atoms with Crippen LogP contribution in [0.15, 0.2) is 55.2 Å². The molecule has 4 aromatic rings. The molecule has 0 radical (unpaired) electrons. The zero-order valence-corrected chi connectivity index (χ0v) is 15.7. The van der Waals surface area contributed by atoms with Gasteiger partial charge in [0.15, 0.2) is 23.1 Å². The molecule has 1 atom stereocenters. The van der Waals surface area contributed by atoms with Crippen LogP contribution in [0.4, 0.5) is 0 Å². The minimum Gasteiger partial charge on any atom is -0.454 e. The summed E-state index contributed by atoms with van der Waals surface area (Å²) in [5.74, 6) is 3.78. The lowest BCUT2D eigenvalue weighted by Gasteiger charge is -2.19. The third kappa shape index (κ3) is 2.97. The lowest BCUT2D eigenvalue weighted by atomic mass is 10.1. The Kier molecular flexibility index (Phi) is 3.68. The fraction of sp³-hybridized carbons (Fsp3) is 0.286. The van der Waals surface area contributed by atoms with Crippen LogP contribution in [0.3, 0.4) is 0 Å². The van der Waals surface area contributed by atoms with Gasteiger partial charge in [-0.25, -0.2) is 14.6 Å². The maximum atomic E-state index is 5.58. The molecule has 2 aliphatic rings. The fourth-order valence-electron chi connectivity index (χ4n) is 3.77. The van der Waals surface area contributed by atoms with E-state index in [2.05, 4.69) is 26.9 Å². The van der Waals surface area contributed by atoms with Crippen molar-refractivity contribution in [2.24, 2.45) is 0 Å². The first-order chi connectivity index (χ1) is 14.3. The summed E-state index contributed by atoms with van der Waals surface area (Å²) in [4.78, 5) is 12.4. The number of hydrogen-bond donors (Lipinski definition) is 1. The highest BCUT2D eigenvalue weighted by molar-refractivity contribution is 5.50. The van der Waals surface area contributed by atoms with E-state index in [1.807, 2.05) is 41.2 Å². The molecule has 1 aliphatic heterocycles. The second kappa shape index (κ2) is 6.51. The van der Waals surface area contributed by atoms with Gasteiger partial charge in [-0.15, -0.1) is 0 Å². The predicted octanol–water partition coefficient (Wildman–Crippen LogP) is 3.23. The van der Waals surface area contributed by atoms with Crippen molar-refractivity contribution in [1.29, 1.82) is 0 Å². The monoisotopic (exact) mass is 388 g/mol. The molecule has 1 fully saturated rings. The van der Waals surface area contributed by atoms with Gasteiger partial charge in [0.1, 0.15) is 0 Å². The third-order valence-electron chi connectivity index (χ3n) is 5.45. The maximum absolute atomic E-state index is 5.58. The van der Waals surface area contributed by atoms with E-state index in [0.717, 1.165) is 53.8 Å². The van der Waals surface area contributed by atoms with E-state index in [4.69, 9.17) is 19.6 Å².